The Morgan fingerprint density at radius 3 is 3.04 bits per heavy atom. The van der Waals surface area contributed by atoms with Crippen LogP contribution in [0.25, 0.3) is 0 Å². The van der Waals surface area contributed by atoms with Crippen LogP contribution in [0.1, 0.15) is 29.5 Å². The third-order valence-corrected chi connectivity index (χ3v) is 5.11. The van der Waals surface area contributed by atoms with E-state index in [1.165, 1.54) is 4.88 Å². The number of phenols is 1. The zero-order valence-corrected chi connectivity index (χ0v) is 14.0. The van der Waals surface area contributed by atoms with E-state index in [1.807, 2.05) is 12.1 Å². The summed E-state index contributed by atoms with van der Waals surface area (Å²) in [7, 11) is 0. The van der Waals surface area contributed by atoms with Gasteiger partial charge in [0, 0.05) is 30.8 Å². The van der Waals surface area contributed by atoms with Gasteiger partial charge in [0.15, 0.2) is 5.13 Å². The molecular formula is C17H21N3O2S. The fraction of sp³-hybridized carbons (Fsp3) is 0.412. The van der Waals surface area contributed by atoms with Crippen molar-refractivity contribution in [1.82, 2.24) is 9.88 Å². The highest BCUT2D eigenvalue weighted by Gasteiger charge is 2.20. The molecule has 0 spiro atoms. The van der Waals surface area contributed by atoms with E-state index >= 15 is 0 Å². The lowest BCUT2D eigenvalue weighted by atomic mass is 10.1. The molecule has 2 N–H and O–H groups in total. The van der Waals surface area contributed by atoms with Gasteiger partial charge in [-0.3, -0.25) is 9.69 Å². The van der Waals surface area contributed by atoms with Crippen molar-refractivity contribution in [3.05, 3.63) is 40.4 Å². The highest BCUT2D eigenvalue weighted by molar-refractivity contribution is 7.15. The first-order chi connectivity index (χ1) is 11.2. The number of likely N-dealkylation sites (N-methyl/N-ethyl adjacent to an activating group) is 1. The number of nitrogens with zero attached hydrogens (tertiary/aromatic N) is 2. The summed E-state index contributed by atoms with van der Waals surface area (Å²) in [6.45, 7) is 5.17. The summed E-state index contributed by atoms with van der Waals surface area (Å²) in [4.78, 5) is 20.3. The van der Waals surface area contributed by atoms with Crippen molar-refractivity contribution in [3.63, 3.8) is 0 Å². The van der Waals surface area contributed by atoms with Crippen molar-refractivity contribution in [1.29, 1.82) is 0 Å². The standard InChI is InChI=1S/C17H21N3O2S/c1-2-20-10-9-13-15(11-20)23-17(18-13)19-16(22)8-7-12-5-3-4-6-14(12)21/h3-6,21H,2,7-11H2,1H3,(H,18,19,22). The Bertz CT molecular complexity index is 699. The minimum absolute atomic E-state index is 0.0632. The zero-order chi connectivity index (χ0) is 16.2. The lowest BCUT2D eigenvalue weighted by Crippen LogP contribution is -2.29. The predicted molar refractivity (Wildman–Crippen MR) is 91.8 cm³/mol. The normalized spacial score (nSPS) is 14.5. The van der Waals surface area contributed by atoms with Crippen molar-refractivity contribution in [2.24, 2.45) is 0 Å². The van der Waals surface area contributed by atoms with Crippen LogP contribution in [0.5, 0.6) is 5.75 Å². The van der Waals surface area contributed by atoms with E-state index < -0.39 is 0 Å². The Labute approximate surface area is 140 Å². The van der Waals surface area contributed by atoms with E-state index in [0.717, 1.165) is 37.3 Å². The minimum Gasteiger partial charge on any atom is -0.508 e. The number of aryl methyl sites for hydroxylation is 1. The van der Waals surface area contributed by atoms with Crippen LogP contribution in [0.3, 0.4) is 0 Å². The van der Waals surface area contributed by atoms with Crippen molar-refractivity contribution in [2.45, 2.75) is 32.7 Å². The number of aromatic hydroxyl groups is 1. The number of nitrogens with one attached hydrogen (secondary N) is 1. The SMILES string of the molecule is CCN1CCc2nc(NC(=O)CCc3ccccc3O)sc2C1. The smallest absolute Gasteiger partial charge is 0.226 e. The van der Waals surface area contributed by atoms with E-state index in [-0.39, 0.29) is 11.7 Å². The van der Waals surface area contributed by atoms with Crippen LogP contribution in [0.4, 0.5) is 5.13 Å². The van der Waals surface area contributed by atoms with E-state index in [2.05, 4.69) is 22.1 Å². The molecule has 2 heterocycles. The number of para-hydroxylation sites is 1. The quantitative estimate of drug-likeness (QED) is 0.884. The number of hydrogen-bond donors (Lipinski definition) is 2. The van der Waals surface area contributed by atoms with Gasteiger partial charge in [-0.05, 0) is 24.6 Å². The second kappa shape index (κ2) is 7.10. The number of benzene rings is 1. The summed E-state index contributed by atoms with van der Waals surface area (Å²) in [6, 6.07) is 7.12. The zero-order valence-electron chi connectivity index (χ0n) is 13.2. The molecule has 1 amide bonds. The number of carbonyl (C=O) groups excluding carboxylic acids is 1. The summed E-state index contributed by atoms with van der Waals surface area (Å²) >= 11 is 1.57. The molecule has 1 aromatic heterocycles. The monoisotopic (exact) mass is 331 g/mol. The van der Waals surface area contributed by atoms with Gasteiger partial charge in [-0.1, -0.05) is 25.1 Å². The van der Waals surface area contributed by atoms with Crippen LogP contribution in [0.2, 0.25) is 0 Å². The first-order valence-electron chi connectivity index (χ1n) is 7.93. The Morgan fingerprint density at radius 1 is 1.43 bits per heavy atom. The van der Waals surface area contributed by atoms with Crippen LogP contribution in [-0.2, 0) is 24.2 Å². The van der Waals surface area contributed by atoms with Gasteiger partial charge in [0.2, 0.25) is 5.91 Å². The lowest BCUT2D eigenvalue weighted by Gasteiger charge is -2.23. The molecule has 0 unspecified atom stereocenters. The number of anilines is 1. The first-order valence-corrected chi connectivity index (χ1v) is 8.75. The molecule has 2 aromatic rings. The second-order valence-electron chi connectivity index (χ2n) is 5.68. The summed E-state index contributed by atoms with van der Waals surface area (Å²) in [6.07, 6.45) is 1.81. The minimum atomic E-state index is -0.0632. The number of fused-ring (bicyclic) bond motifs is 1. The maximum atomic E-state index is 12.1. The van der Waals surface area contributed by atoms with Gasteiger partial charge in [-0.2, -0.15) is 0 Å². The molecule has 1 aromatic carbocycles. The molecule has 5 nitrogen and oxygen atoms in total. The van der Waals surface area contributed by atoms with Crippen LogP contribution < -0.4 is 5.32 Å². The summed E-state index contributed by atoms with van der Waals surface area (Å²) in [5, 5.41) is 13.3. The molecule has 0 aliphatic carbocycles. The van der Waals surface area contributed by atoms with Crippen molar-refractivity contribution in [3.8, 4) is 5.75 Å². The maximum Gasteiger partial charge on any atom is 0.226 e. The van der Waals surface area contributed by atoms with Crippen molar-refractivity contribution in [2.75, 3.05) is 18.4 Å². The number of phenolic OH excluding ortho intramolecular Hbond substituents is 1. The molecule has 23 heavy (non-hydrogen) atoms. The molecule has 0 saturated heterocycles. The molecule has 0 radical (unpaired) electrons. The highest BCUT2D eigenvalue weighted by atomic mass is 32.1. The third kappa shape index (κ3) is 3.89. The number of hydrogen-bond acceptors (Lipinski definition) is 5. The van der Waals surface area contributed by atoms with E-state index in [0.29, 0.717) is 18.0 Å². The van der Waals surface area contributed by atoms with E-state index in [4.69, 9.17) is 0 Å². The van der Waals surface area contributed by atoms with Crippen molar-refractivity contribution < 1.29 is 9.90 Å². The lowest BCUT2D eigenvalue weighted by molar-refractivity contribution is -0.116. The topological polar surface area (TPSA) is 65.5 Å². The average molecular weight is 331 g/mol. The number of carbonyl (C=O) groups is 1. The maximum absolute atomic E-state index is 12.1. The third-order valence-electron chi connectivity index (χ3n) is 4.12. The number of amides is 1. The molecular weight excluding hydrogens is 310 g/mol. The van der Waals surface area contributed by atoms with Gasteiger partial charge in [-0.15, -0.1) is 11.3 Å². The molecule has 6 heteroatoms. The van der Waals surface area contributed by atoms with E-state index in [1.54, 1.807) is 23.5 Å². The average Bonchev–Trinajstić information content (AvgIpc) is 2.95. The van der Waals surface area contributed by atoms with Gasteiger partial charge in [-0.25, -0.2) is 4.98 Å². The fourth-order valence-corrected chi connectivity index (χ4v) is 3.79. The van der Waals surface area contributed by atoms with Gasteiger partial charge in [0.25, 0.3) is 0 Å². The molecule has 3 rings (SSSR count). The van der Waals surface area contributed by atoms with Gasteiger partial charge in [0.05, 0.1) is 5.69 Å². The van der Waals surface area contributed by atoms with E-state index in [9.17, 15) is 9.90 Å². The molecule has 0 bridgehead atoms. The van der Waals surface area contributed by atoms with Crippen LogP contribution in [-0.4, -0.2) is 34.0 Å². The molecule has 122 valence electrons. The van der Waals surface area contributed by atoms with Gasteiger partial charge < -0.3 is 10.4 Å². The van der Waals surface area contributed by atoms with Crippen LogP contribution in [0.15, 0.2) is 24.3 Å². The summed E-state index contributed by atoms with van der Waals surface area (Å²) < 4.78 is 0. The Hall–Kier alpha value is -1.92. The molecule has 0 atom stereocenters. The Morgan fingerprint density at radius 2 is 2.26 bits per heavy atom. The van der Waals surface area contributed by atoms with Crippen LogP contribution >= 0.6 is 11.3 Å². The number of aromatic nitrogens is 1. The van der Waals surface area contributed by atoms with Crippen molar-refractivity contribution >= 4 is 22.4 Å². The fourth-order valence-electron chi connectivity index (χ4n) is 2.72. The number of rotatable bonds is 5. The van der Waals surface area contributed by atoms with Gasteiger partial charge >= 0.3 is 0 Å². The summed E-state index contributed by atoms with van der Waals surface area (Å²) in [5.74, 6) is 0.177. The van der Waals surface area contributed by atoms with Crippen LogP contribution in [0, 0.1) is 0 Å². The predicted octanol–water partition coefficient (Wildman–Crippen LogP) is 2.80. The second-order valence-corrected chi connectivity index (χ2v) is 6.77. The summed E-state index contributed by atoms with van der Waals surface area (Å²) in [5.41, 5.74) is 1.91. The Balaban J connectivity index is 1.56. The molecule has 0 fully saturated rings. The molecule has 1 aliphatic heterocycles. The molecule has 0 saturated carbocycles. The highest BCUT2D eigenvalue weighted by Crippen LogP contribution is 2.28. The first kappa shape index (κ1) is 16.0. The van der Waals surface area contributed by atoms with Gasteiger partial charge in [0.1, 0.15) is 5.75 Å². The number of thiazole rings is 1. The molecule has 1 aliphatic rings. The largest absolute Gasteiger partial charge is 0.508 e. The Kier molecular flexibility index (Phi) is 4.93.